The first-order valence-electron chi connectivity index (χ1n) is 30.2. The molecule has 16 nitrogen and oxygen atoms in total. The van der Waals surface area contributed by atoms with Crippen LogP contribution in [0.25, 0.3) is 56.0 Å². The summed E-state index contributed by atoms with van der Waals surface area (Å²) in [4.78, 5) is 49.1. The van der Waals surface area contributed by atoms with E-state index in [1.807, 2.05) is 57.2 Å². The van der Waals surface area contributed by atoms with Crippen molar-refractivity contribution in [1.82, 2.24) is 39.7 Å². The number of amidine groups is 2. The van der Waals surface area contributed by atoms with E-state index in [-0.39, 0.29) is 59.1 Å². The van der Waals surface area contributed by atoms with Gasteiger partial charge in [-0.25, -0.2) is 22.8 Å². The molecule has 6 heterocycles. The van der Waals surface area contributed by atoms with Crippen LogP contribution in [0.3, 0.4) is 0 Å². The third-order valence-corrected chi connectivity index (χ3v) is 17.2. The summed E-state index contributed by atoms with van der Waals surface area (Å²) >= 11 is 12.5. The minimum Gasteiger partial charge on any atom is -0.396 e. The van der Waals surface area contributed by atoms with Gasteiger partial charge in [-0.05, 0) is 179 Å². The van der Waals surface area contributed by atoms with Gasteiger partial charge in [-0.1, -0.05) is 74.2 Å². The van der Waals surface area contributed by atoms with Gasteiger partial charge in [0.25, 0.3) is 0 Å². The molecular formula is C66H79Cl2F3N12O4. The Morgan fingerprint density at radius 1 is 0.655 bits per heavy atom. The van der Waals surface area contributed by atoms with Gasteiger partial charge in [0.05, 0.1) is 38.6 Å². The van der Waals surface area contributed by atoms with Crippen LogP contribution in [0.5, 0.6) is 0 Å². The van der Waals surface area contributed by atoms with Crippen molar-refractivity contribution < 1.29 is 23.4 Å². The Hall–Kier alpha value is -7.13. The lowest BCUT2D eigenvalue weighted by Gasteiger charge is -2.31. The van der Waals surface area contributed by atoms with E-state index in [4.69, 9.17) is 34.7 Å². The van der Waals surface area contributed by atoms with Gasteiger partial charge < -0.3 is 42.3 Å². The minimum atomic E-state index is -0.724. The zero-order valence-corrected chi connectivity index (χ0v) is 51.1. The summed E-state index contributed by atoms with van der Waals surface area (Å²) in [6.45, 7) is 6.57. The van der Waals surface area contributed by atoms with Crippen LogP contribution in [0, 0.1) is 23.5 Å². The van der Waals surface area contributed by atoms with E-state index < -0.39 is 29.7 Å². The first-order valence-corrected chi connectivity index (χ1v) is 31.0. The standard InChI is InChI=1S/C33H39ClF2N6O2.C33H40ClFN6O2/c1-20(19-43)4-2-5-21-14-26(31(36)27(34)15-21)29-16-23-18-42(33(44)41-32(23)40-29)25-10-8-22(9-11-25)28-7-3-6-24(39-28)12-13-38-30(37)17-35;1-20(19-42)5-3-6-22-15-27(31(35)28(34)16-22)30-17-24-18-41(33(43)40-32(24)39-30)26-11-9-23(10-12-26)29-8-4-7-25(38-29)13-14-37-21(2)36/h8-11,14-16,18,20,24,28,39,43H,2-7,12-13,17,19H2,1H3,(H2,37,38)(H,40,41,44);9-12,15-18,20,25,29,38,42H,3-8,13-14,19H2,1-2H3,(H2,36,37)(H,39,40,43)/t20-,24+,28+;20-,25+,29+/m11/s1. The molecule has 2 aliphatic heterocycles. The SMILES string of the molecule is CC(N)=NCC[C@@H]1CCC[C@@H](c2ccc(-n3cc4cc(-c5cc(CCC[C@@H](C)CO)cc(Cl)c5F)[nH]c4nc3=O)cc2)N1.C[C@@H](CO)CCCc1cc(Cl)c(F)c(-c2cc3cn(-c4ccc([C@@H]5CCC[C@@H](CCN=C(N)CF)N5)cc4)c(=O)nc3[nH]2)c1. The average molecular weight is 1230 g/mol. The largest absolute Gasteiger partial charge is 0.396 e. The molecule has 6 atom stereocenters. The number of rotatable bonds is 23. The zero-order chi connectivity index (χ0) is 61.7. The smallest absolute Gasteiger partial charge is 0.354 e. The number of nitrogens with zero attached hydrogens (tertiary/aromatic N) is 6. The number of aromatic nitrogens is 6. The molecule has 10 rings (SSSR count). The fourth-order valence-corrected chi connectivity index (χ4v) is 12.2. The third kappa shape index (κ3) is 16.7. The van der Waals surface area contributed by atoms with Crippen LogP contribution in [0.1, 0.15) is 132 Å². The van der Waals surface area contributed by atoms with Crippen molar-refractivity contribution in [3.8, 4) is 33.9 Å². The first-order chi connectivity index (χ1) is 42.0. The van der Waals surface area contributed by atoms with Crippen molar-refractivity contribution in [2.45, 2.75) is 135 Å². The Labute approximate surface area is 514 Å². The monoisotopic (exact) mass is 1230 g/mol. The number of alkyl halides is 1. The zero-order valence-electron chi connectivity index (χ0n) is 49.6. The molecular weight excluding hydrogens is 1150 g/mol. The highest BCUT2D eigenvalue weighted by molar-refractivity contribution is 6.31. The number of hydrogen-bond donors (Lipinski definition) is 8. The van der Waals surface area contributed by atoms with Crippen LogP contribution in [0.4, 0.5) is 13.2 Å². The number of aryl methyl sites for hydroxylation is 2. The number of fused-ring (bicyclic) bond motifs is 2. The molecule has 2 saturated heterocycles. The Balaban J connectivity index is 0.000000208. The second-order valence-electron chi connectivity index (χ2n) is 23.5. The van der Waals surface area contributed by atoms with Crippen LogP contribution in [-0.2, 0) is 12.8 Å². The van der Waals surface area contributed by atoms with Crippen molar-refractivity contribution in [2.75, 3.05) is 33.0 Å². The van der Waals surface area contributed by atoms with Gasteiger partial charge >= 0.3 is 11.4 Å². The second kappa shape index (κ2) is 30.2. The maximum atomic E-state index is 15.1. The molecule has 87 heavy (non-hydrogen) atoms. The molecule has 2 aliphatic rings. The number of halogens is 5. The molecule has 8 aromatic rings. The Morgan fingerprint density at radius 2 is 1.08 bits per heavy atom. The van der Waals surface area contributed by atoms with Crippen LogP contribution in [0.2, 0.25) is 10.0 Å². The minimum absolute atomic E-state index is 0.0350. The maximum Gasteiger partial charge on any atom is 0.354 e. The molecule has 0 radical (unpaired) electrons. The number of nitrogens with one attached hydrogen (secondary N) is 4. The van der Waals surface area contributed by atoms with Crippen molar-refractivity contribution in [2.24, 2.45) is 33.3 Å². The highest BCUT2D eigenvalue weighted by atomic mass is 35.5. The van der Waals surface area contributed by atoms with E-state index in [1.165, 1.54) is 14.7 Å². The Kier molecular flexibility index (Phi) is 22.3. The lowest BCUT2D eigenvalue weighted by molar-refractivity contribution is 0.228. The van der Waals surface area contributed by atoms with Crippen molar-refractivity contribution in [3.63, 3.8) is 0 Å². The molecule has 4 aromatic heterocycles. The molecule has 0 aliphatic carbocycles. The number of aliphatic hydroxyl groups excluding tert-OH is 2. The first kappa shape index (κ1) is 64.3. The summed E-state index contributed by atoms with van der Waals surface area (Å²) < 4.78 is 45.8. The summed E-state index contributed by atoms with van der Waals surface area (Å²) in [6, 6.07) is 27.3. The fraction of sp³-hybridized carbons (Fsp3) is 0.424. The maximum absolute atomic E-state index is 15.1. The molecule has 0 spiro atoms. The Bertz CT molecular complexity index is 3810. The van der Waals surface area contributed by atoms with Gasteiger partial charge in [0, 0.05) is 84.8 Å². The topological polar surface area (TPSA) is 243 Å². The van der Waals surface area contributed by atoms with Gasteiger partial charge in [0.2, 0.25) is 0 Å². The summed E-state index contributed by atoms with van der Waals surface area (Å²) in [5.41, 5.74) is 18.2. The molecule has 0 unspecified atom stereocenters. The number of benzene rings is 4. The lowest BCUT2D eigenvalue weighted by Crippen LogP contribution is -2.37. The van der Waals surface area contributed by atoms with E-state index in [0.717, 1.165) is 107 Å². The number of aliphatic imine (C=N–C) groups is 2. The highest BCUT2D eigenvalue weighted by Gasteiger charge is 2.25. The summed E-state index contributed by atoms with van der Waals surface area (Å²) in [7, 11) is 0. The second-order valence-corrected chi connectivity index (χ2v) is 24.3. The number of hydrogen-bond acceptors (Lipinski definition) is 10. The molecule has 2 fully saturated rings. The lowest BCUT2D eigenvalue weighted by atomic mass is 9.92. The summed E-state index contributed by atoms with van der Waals surface area (Å²) in [6.07, 6.45) is 16.4. The van der Waals surface area contributed by atoms with Crippen molar-refractivity contribution >= 4 is 56.9 Å². The number of nitrogens with two attached hydrogens (primary N) is 2. The van der Waals surface area contributed by atoms with Gasteiger partial charge in [0.1, 0.15) is 23.8 Å². The van der Waals surface area contributed by atoms with Gasteiger partial charge in [-0.2, -0.15) is 9.97 Å². The fourth-order valence-electron chi connectivity index (χ4n) is 11.7. The molecule has 0 saturated carbocycles. The van der Waals surface area contributed by atoms with Crippen molar-refractivity contribution in [1.29, 1.82) is 0 Å². The van der Waals surface area contributed by atoms with E-state index in [0.29, 0.717) is 80.8 Å². The highest BCUT2D eigenvalue weighted by Crippen LogP contribution is 2.35. The van der Waals surface area contributed by atoms with Crippen LogP contribution >= 0.6 is 23.2 Å². The van der Waals surface area contributed by atoms with Crippen molar-refractivity contribution in [3.05, 3.63) is 162 Å². The van der Waals surface area contributed by atoms with E-state index in [9.17, 15) is 24.2 Å². The van der Waals surface area contributed by atoms with E-state index >= 15 is 8.78 Å². The normalized spacial score (nSPS) is 18.2. The number of H-pyrrole nitrogens is 2. The average Bonchev–Trinajstić information content (AvgIpc) is 1.85. The predicted octanol–water partition coefficient (Wildman–Crippen LogP) is 12.1. The van der Waals surface area contributed by atoms with Gasteiger partial charge in [-0.3, -0.25) is 19.1 Å². The Morgan fingerprint density at radius 3 is 1.48 bits per heavy atom. The number of aliphatic hydroxyl groups is 2. The summed E-state index contributed by atoms with van der Waals surface area (Å²) in [5, 5.41) is 27.4. The summed E-state index contributed by atoms with van der Waals surface area (Å²) in [5.74, 6) is 0.0138. The molecule has 4 aromatic carbocycles. The molecule has 0 amide bonds. The quantitative estimate of drug-likeness (QED) is 0.0222. The van der Waals surface area contributed by atoms with Gasteiger partial charge in [-0.15, -0.1) is 0 Å². The molecule has 0 bridgehead atoms. The van der Waals surface area contributed by atoms with Crippen LogP contribution in [0.15, 0.2) is 117 Å². The number of aromatic amines is 2. The van der Waals surface area contributed by atoms with Crippen LogP contribution in [-0.4, -0.2) is 96.0 Å². The molecule has 21 heteroatoms. The third-order valence-electron chi connectivity index (χ3n) is 16.6. The predicted molar refractivity (Wildman–Crippen MR) is 343 cm³/mol. The van der Waals surface area contributed by atoms with E-state index in [2.05, 4.69) is 52.7 Å². The van der Waals surface area contributed by atoms with Crippen LogP contribution < -0.4 is 33.5 Å². The molecule has 10 N–H and O–H groups in total. The number of piperidine rings is 2. The van der Waals surface area contributed by atoms with E-state index in [1.54, 1.807) is 48.8 Å². The van der Waals surface area contributed by atoms with Gasteiger partial charge in [0.15, 0.2) is 11.6 Å². The molecule has 462 valence electrons.